The van der Waals surface area contributed by atoms with Gasteiger partial charge < -0.3 is 18.8 Å². The molecule has 1 fully saturated rings. The lowest BCUT2D eigenvalue weighted by Crippen LogP contribution is -2.40. The van der Waals surface area contributed by atoms with Gasteiger partial charge >= 0.3 is 19.1 Å². The van der Waals surface area contributed by atoms with Crippen LogP contribution in [0, 0.1) is 0 Å². The molecule has 0 radical (unpaired) electrons. The zero-order valence-electron chi connectivity index (χ0n) is 11.3. The van der Waals surface area contributed by atoms with Crippen molar-refractivity contribution in [2.45, 2.75) is 58.9 Å². The van der Waals surface area contributed by atoms with E-state index < -0.39 is 31.3 Å². The van der Waals surface area contributed by atoms with Gasteiger partial charge in [0.15, 0.2) is 12.2 Å². The SMILES string of the molecule is CB1OC(C(=O)OC(C)C)C(C(=O)OC(C)C)O1. The summed E-state index contributed by atoms with van der Waals surface area (Å²) in [7, 11) is -0.639. The number of hydrogen-bond acceptors (Lipinski definition) is 6. The maximum atomic E-state index is 11.8. The Balaban J connectivity index is 2.69. The summed E-state index contributed by atoms with van der Waals surface area (Å²) in [5, 5.41) is 0. The number of esters is 2. The molecule has 1 rings (SSSR count). The van der Waals surface area contributed by atoms with E-state index in [9.17, 15) is 9.59 Å². The molecule has 0 aromatic heterocycles. The molecule has 18 heavy (non-hydrogen) atoms. The van der Waals surface area contributed by atoms with Gasteiger partial charge in [0, 0.05) is 0 Å². The molecule has 102 valence electrons. The smallest absolute Gasteiger partial charge is 0.454 e. The van der Waals surface area contributed by atoms with E-state index in [1.807, 2.05) is 0 Å². The Kier molecular flexibility index (Phi) is 5.16. The fraction of sp³-hybridized carbons (Fsp3) is 0.818. The summed E-state index contributed by atoms with van der Waals surface area (Å²) in [6.45, 7) is 8.49. The van der Waals surface area contributed by atoms with E-state index in [0.29, 0.717) is 0 Å². The average Bonchev–Trinajstić information content (AvgIpc) is 2.58. The van der Waals surface area contributed by atoms with Gasteiger partial charge in [0.2, 0.25) is 0 Å². The summed E-state index contributed by atoms with van der Waals surface area (Å²) in [6.07, 6.45) is -2.68. The lowest BCUT2D eigenvalue weighted by Gasteiger charge is -2.18. The number of carbonyl (C=O) groups excluding carboxylic acids is 2. The molecular weight excluding hydrogens is 239 g/mol. The Labute approximate surface area is 107 Å². The summed E-state index contributed by atoms with van der Waals surface area (Å²) in [5.74, 6) is -1.22. The predicted octanol–water partition coefficient (Wildman–Crippen LogP) is 0.792. The van der Waals surface area contributed by atoms with E-state index in [2.05, 4.69) is 0 Å². The molecule has 0 saturated carbocycles. The van der Waals surface area contributed by atoms with Crippen LogP contribution in [0.15, 0.2) is 0 Å². The average molecular weight is 258 g/mol. The second-order valence-corrected chi connectivity index (χ2v) is 4.65. The molecule has 0 aromatic carbocycles. The van der Waals surface area contributed by atoms with Gasteiger partial charge in [-0.25, -0.2) is 9.59 Å². The molecule has 0 spiro atoms. The Hall–Kier alpha value is -1.08. The summed E-state index contributed by atoms with van der Waals surface area (Å²) in [6, 6.07) is 0. The van der Waals surface area contributed by atoms with Crippen LogP contribution in [0.3, 0.4) is 0 Å². The highest BCUT2D eigenvalue weighted by Gasteiger charge is 2.47. The molecule has 0 aliphatic carbocycles. The number of rotatable bonds is 4. The van der Waals surface area contributed by atoms with Crippen LogP contribution in [0.5, 0.6) is 0 Å². The summed E-state index contributed by atoms with van der Waals surface area (Å²) in [5.41, 5.74) is 0. The Morgan fingerprint density at radius 3 is 1.56 bits per heavy atom. The van der Waals surface area contributed by atoms with Gasteiger partial charge in [-0.1, -0.05) is 0 Å². The van der Waals surface area contributed by atoms with Crippen LogP contribution in [-0.2, 0) is 28.4 Å². The molecule has 2 unspecified atom stereocenters. The minimum atomic E-state index is -1.06. The third kappa shape index (κ3) is 3.99. The summed E-state index contributed by atoms with van der Waals surface area (Å²) < 4.78 is 20.5. The fourth-order valence-electron chi connectivity index (χ4n) is 1.54. The Morgan fingerprint density at radius 2 is 1.28 bits per heavy atom. The van der Waals surface area contributed by atoms with Crippen molar-refractivity contribution in [1.29, 1.82) is 0 Å². The van der Waals surface area contributed by atoms with Crippen LogP contribution in [0.25, 0.3) is 0 Å². The number of hydrogen-bond donors (Lipinski definition) is 0. The van der Waals surface area contributed by atoms with Crippen LogP contribution in [0.2, 0.25) is 6.82 Å². The highest BCUT2D eigenvalue weighted by molar-refractivity contribution is 6.44. The maximum absolute atomic E-state index is 11.8. The number of carbonyl (C=O) groups is 2. The molecule has 1 heterocycles. The van der Waals surface area contributed by atoms with Crippen molar-refractivity contribution in [1.82, 2.24) is 0 Å². The molecule has 7 heteroatoms. The van der Waals surface area contributed by atoms with E-state index in [-0.39, 0.29) is 12.2 Å². The van der Waals surface area contributed by atoms with E-state index in [4.69, 9.17) is 18.8 Å². The third-order valence-corrected chi connectivity index (χ3v) is 2.12. The first-order valence-electron chi connectivity index (χ1n) is 6.03. The monoisotopic (exact) mass is 258 g/mol. The normalized spacial score (nSPS) is 23.6. The lowest BCUT2D eigenvalue weighted by atomic mass is 9.97. The van der Waals surface area contributed by atoms with Gasteiger partial charge in [-0.05, 0) is 34.5 Å². The quantitative estimate of drug-likeness (QED) is 0.548. The van der Waals surface area contributed by atoms with Crippen LogP contribution in [-0.4, -0.2) is 43.5 Å². The van der Waals surface area contributed by atoms with Gasteiger partial charge in [0.05, 0.1) is 12.2 Å². The van der Waals surface area contributed by atoms with E-state index in [1.165, 1.54) is 0 Å². The highest BCUT2D eigenvalue weighted by Crippen LogP contribution is 2.20. The van der Waals surface area contributed by atoms with Crippen molar-refractivity contribution >= 4 is 19.1 Å². The standard InChI is InChI=1S/C11H19BO6/c1-6(2)15-10(13)8-9(18-12(5)17-8)11(14)16-7(3)4/h6-9H,1-5H3. The van der Waals surface area contributed by atoms with E-state index in [0.717, 1.165) is 0 Å². The third-order valence-electron chi connectivity index (χ3n) is 2.12. The molecular formula is C11H19BO6. The summed E-state index contributed by atoms with van der Waals surface area (Å²) >= 11 is 0. The van der Waals surface area contributed by atoms with Crippen LogP contribution in [0.4, 0.5) is 0 Å². The molecule has 0 N–H and O–H groups in total. The minimum Gasteiger partial charge on any atom is -0.461 e. The van der Waals surface area contributed by atoms with Gasteiger partial charge in [-0.2, -0.15) is 0 Å². The van der Waals surface area contributed by atoms with E-state index >= 15 is 0 Å². The van der Waals surface area contributed by atoms with Crippen molar-refractivity contribution in [3.63, 3.8) is 0 Å². The van der Waals surface area contributed by atoms with Crippen molar-refractivity contribution < 1.29 is 28.4 Å². The largest absolute Gasteiger partial charge is 0.461 e. The predicted molar refractivity (Wildman–Crippen MR) is 63.8 cm³/mol. The van der Waals surface area contributed by atoms with Gasteiger partial charge in [0.1, 0.15) is 0 Å². The van der Waals surface area contributed by atoms with Crippen molar-refractivity contribution in [3.8, 4) is 0 Å². The van der Waals surface area contributed by atoms with Crippen LogP contribution < -0.4 is 0 Å². The van der Waals surface area contributed by atoms with Gasteiger partial charge in [-0.15, -0.1) is 0 Å². The maximum Gasteiger partial charge on any atom is 0.454 e. The fourth-order valence-corrected chi connectivity index (χ4v) is 1.54. The van der Waals surface area contributed by atoms with Crippen LogP contribution in [0.1, 0.15) is 27.7 Å². The van der Waals surface area contributed by atoms with E-state index in [1.54, 1.807) is 34.5 Å². The molecule has 1 aliphatic rings. The molecule has 0 aromatic rings. The molecule has 1 saturated heterocycles. The molecule has 2 atom stereocenters. The Morgan fingerprint density at radius 1 is 0.944 bits per heavy atom. The topological polar surface area (TPSA) is 71.1 Å². The zero-order valence-corrected chi connectivity index (χ0v) is 11.3. The first kappa shape index (κ1) is 15.0. The summed E-state index contributed by atoms with van der Waals surface area (Å²) in [4.78, 5) is 23.5. The molecule has 6 nitrogen and oxygen atoms in total. The number of ether oxygens (including phenoxy) is 2. The lowest BCUT2D eigenvalue weighted by molar-refractivity contribution is -0.167. The zero-order chi connectivity index (χ0) is 13.9. The second-order valence-electron chi connectivity index (χ2n) is 4.65. The van der Waals surface area contributed by atoms with Gasteiger partial charge in [-0.3, -0.25) is 0 Å². The highest BCUT2D eigenvalue weighted by atomic mass is 16.7. The van der Waals surface area contributed by atoms with Crippen molar-refractivity contribution in [3.05, 3.63) is 0 Å². The molecule has 0 amide bonds. The van der Waals surface area contributed by atoms with Crippen LogP contribution >= 0.6 is 0 Å². The first-order chi connectivity index (χ1) is 8.31. The second kappa shape index (κ2) is 6.20. The Bertz CT molecular complexity index is 287. The van der Waals surface area contributed by atoms with Crippen molar-refractivity contribution in [2.24, 2.45) is 0 Å². The molecule has 0 bridgehead atoms. The molecule has 1 aliphatic heterocycles. The van der Waals surface area contributed by atoms with Crippen molar-refractivity contribution in [2.75, 3.05) is 0 Å². The first-order valence-corrected chi connectivity index (χ1v) is 6.03. The minimum absolute atomic E-state index is 0.279. The van der Waals surface area contributed by atoms with Gasteiger partial charge in [0.25, 0.3) is 0 Å².